The number of halogens is 1. The Bertz CT molecular complexity index is 1190. The van der Waals surface area contributed by atoms with Crippen LogP contribution in [0.1, 0.15) is 5.56 Å². The van der Waals surface area contributed by atoms with Crippen LogP contribution >= 0.6 is 0 Å². The van der Waals surface area contributed by atoms with Gasteiger partial charge in [0.05, 0.1) is 11.3 Å². The summed E-state index contributed by atoms with van der Waals surface area (Å²) in [6.45, 7) is 2.48. The minimum atomic E-state index is -0.498. The largest absolute Gasteiger partial charge is 0.363 e. The Morgan fingerprint density at radius 3 is 2.16 bits per heavy atom. The molecule has 2 aromatic carbocycles. The fraction of sp³-hybridized carbons (Fsp3) is 0.160. The summed E-state index contributed by atoms with van der Waals surface area (Å²) in [4.78, 5) is 36.6. The zero-order valence-corrected chi connectivity index (χ0v) is 17.3. The zero-order chi connectivity index (χ0) is 22.1. The van der Waals surface area contributed by atoms with Gasteiger partial charge in [0.15, 0.2) is 0 Å². The lowest BCUT2D eigenvalue weighted by Crippen LogP contribution is -2.48. The molecule has 1 fully saturated rings. The molecule has 160 valence electrons. The molecule has 1 saturated heterocycles. The van der Waals surface area contributed by atoms with Crippen LogP contribution in [-0.2, 0) is 9.59 Å². The minimum absolute atomic E-state index is 0.232. The van der Waals surface area contributed by atoms with Crippen molar-refractivity contribution in [2.24, 2.45) is 0 Å². The molecule has 0 spiro atoms. The maximum atomic E-state index is 13.9. The van der Waals surface area contributed by atoms with Crippen molar-refractivity contribution in [3.8, 4) is 0 Å². The topological polar surface area (TPSA) is 56.8 Å². The van der Waals surface area contributed by atoms with Gasteiger partial charge in [-0.05, 0) is 35.9 Å². The number of hydrogen-bond donors (Lipinski definition) is 0. The van der Waals surface area contributed by atoms with Gasteiger partial charge in [-0.2, -0.15) is 0 Å². The molecule has 3 aromatic rings. The summed E-state index contributed by atoms with van der Waals surface area (Å²) < 4.78 is 13.9. The Labute approximate surface area is 185 Å². The fourth-order valence-electron chi connectivity index (χ4n) is 4.23. The predicted molar refractivity (Wildman–Crippen MR) is 120 cm³/mol. The summed E-state index contributed by atoms with van der Waals surface area (Å²) in [5.74, 6) is -0.471. The molecule has 0 unspecified atom stereocenters. The van der Waals surface area contributed by atoms with Gasteiger partial charge in [0.25, 0.3) is 11.8 Å². The van der Waals surface area contributed by atoms with Crippen molar-refractivity contribution in [3.63, 3.8) is 0 Å². The van der Waals surface area contributed by atoms with E-state index in [1.54, 1.807) is 12.3 Å². The molecule has 6 nitrogen and oxygen atoms in total. The summed E-state index contributed by atoms with van der Waals surface area (Å²) in [6, 6.07) is 20.5. The van der Waals surface area contributed by atoms with E-state index in [-0.39, 0.29) is 5.69 Å². The first-order chi connectivity index (χ1) is 15.6. The second-order valence-electron chi connectivity index (χ2n) is 7.68. The molecule has 3 heterocycles. The van der Waals surface area contributed by atoms with Crippen molar-refractivity contribution in [2.75, 3.05) is 36.0 Å². The van der Waals surface area contributed by atoms with Gasteiger partial charge >= 0.3 is 0 Å². The molecule has 0 N–H and O–H groups in total. The molecule has 5 rings (SSSR count). The predicted octanol–water partition coefficient (Wildman–Crippen LogP) is 3.33. The second-order valence-corrected chi connectivity index (χ2v) is 7.68. The van der Waals surface area contributed by atoms with Crippen molar-refractivity contribution in [1.82, 2.24) is 9.88 Å². The van der Waals surface area contributed by atoms with E-state index in [0.29, 0.717) is 43.0 Å². The maximum absolute atomic E-state index is 13.9. The molecular formula is C25H21FN4O2. The monoisotopic (exact) mass is 428 g/mol. The van der Waals surface area contributed by atoms with Crippen LogP contribution in [0.3, 0.4) is 0 Å². The number of carbonyl (C=O) groups excluding carboxylic acids is 2. The van der Waals surface area contributed by atoms with Crippen LogP contribution in [0.15, 0.2) is 84.7 Å². The lowest BCUT2D eigenvalue weighted by atomic mass is 10.0. The second kappa shape index (κ2) is 8.26. The van der Waals surface area contributed by atoms with Gasteiger partial charge in [0.2, 0.25) is 0 Å². The highest BCUT2D eigenvalue weighted by Crippen LogP contribution is 2.35. The van der Waals surface area contributed by atoms with Crippen molar-refractivity contribution in [1.29, 1.82) is 0 Å². The highest BCUT2D eigenvalue weighted by atomic mass is 19.1. The number of benzene rings is 2. The number of aromatic nitrogens is 1. The number of anilines is 2. The summed E-state index contributed by atoms with van der Waals surface area (Å²) in [5.41, 5.74) is 1.62. The average molecular weight is 428 g/mol. The van der Waals surface area contributed by atoms with E-state index in [1.165, 1.54) is 18.2 Å². The third-order valence-electron chi connectivity index (χ3n) is 5.76. The number of piperazine rings is 1. The van der Waals surface area contributed by atoms with Crippen LogP contribution in [0.25, 0.3) is 5.57 Å². The molecule has 0 bridgehead atoms. The van der Waals surface area contributed by atoms with Gasteiger partial charge in [-0.15, -0.1) is 0 Å². The summed E-state index contributed by atoms with van der Waals surface area (Å²) in [7, 11) is 0. The molecule has 1 aromatic heterocycles. The van der Waals surface area contributed by atoms with Gasteiger partial charge in [-0.3, -0.25) is 9.59 Å². The average Bonchev–Trinajstić information content (AvgIpc) is 3.10. The summed E-state index contributed by atoms with van der Waals surface area (Å²) in [5, 5.41) is 0. The highest BCUT2D eigenvalue weighted by Gasteiger charge is 2.43. The summed E-state index contributed by atoms with van der Waals surface area (Å²) in [6.07, 6.45) is 1.76. The van der Waals surface area contributed by atoms with Crippen LogP contribution in [0.2, 0.25) is 0 Å². The lowest BCUT2D eigenvalue weighted by molar-refractivity contribution is -0.120. The fourth-order valence-corrected chi connectivity index (χ4v) is 4.23. The molecule has 7 heteroatoms. The van der Waals surface area contributed by atoms with Crippen LogP contribution in [0.4, 0.5) is 15.9 Å². The van der Waals surface area contributed by atoms with Gasteiger partial charge < -0.3 is 9.80 Å². The first-order valence-electron chi connectivity index (χ1n) is 10.5. The molecule has 32 heavy (non-hydrogen) atoms. The van der Waals surface area contributed by atoms with Crippen molar-refractivity contribution in [3.05, 3.63) is 96.1 Å². The van der Waals surface area contributed by atoms with Gasteiger partial charge in [-0.25, -0.2) is 14.3 Å². The van der Waals surface area contributed by atoms with Crippen molar-refractivity contribution in [2.45, 2.75) is 0 Å². The first-order valence-corrected chi connectivity index (χ1v) is 10.5. The quantitative estimate of drug-likeness (QED) is 0.597. The van der Waals surface area contributed by atoms with E-state index in [4.69, 9.17) is 0 Å². The number of pyridine rings is 1. The molecule has 2 aliphatic rings. The number of amides is 2. The Morgan fingerprint density at radius 1 is 0.750 bits per heavy atom. The third-order valence-corrected chi connectivity index (χ3v) is 5.76. The number of nitrogens with zero attached hydrogens (tertiary/aromatic N) is 4. The van der Waals surface area contributed by atoms with E-state index in [2.05, 4.69) is 9.88 Å². The molecule has 0 atom stereocenters. The molecule has 0 radical (unpaired) electrons. The van der Waals surface area contributed by atoms with Gasteiger partial charge in [-0.1, -0.05) is 42.5 Å². The normalized spacial score (nSPS) is 16.8. The van der Waals surface area contributed by atoms with Crippen LogP contribution in [-0.4, -0.2) is 47.9 Å². The van der Waals surface area contributed by atoms with Crippen molar-refractivity contribution < 1.29 is 14.0 Å². The number of carbonyl (C=O) groups is 2. The van der Waals surface area contributed by atoms with E-state index in [0.717, 1.165) is 10.7 Å². The van der Waals surface area contributed by atoms with Crippen LogP contribution < -0.4 is 9.80 Å². The Morgan fingerprint density at radius 2 is 1.47 bits per heavy atom. The molecule has 0 aliphatic carbocycles. The Kier molecular flexibility index (Phi) is 5.15. The molecule has 2 amide bonds. The Hall–Kier alpha value is -4.00. The number of rotatable bonds is 4. The van der Waals surface area contributed by atoms with E-state index >= 15 is 0 Å². The maximum Gasteiger partial charge on any atom is 0.282 e. The van der Waals surface area contributed by atoms with E-state index < -0.39 is 17.6 Å². The van der Waals surface area contributed by atoms with E-state index in [1.807, 2.05) is 53.4 Å². The van der Waals surface area contributed by atoms with E-state index in [9.17, 15) is 14.0 Å². The molecule has 2 aliphatic heterocycles. The Balaban J connectivity index is 1.50. The standard InChI is InChI=1S/C25H21FN4O2/c26-19-9-6-10-20(17-19)30-24(31)22(18-7-2-1-3-8-18)23(25(30)32)29-15-13-28(14-16-29)21-11-4-5-12-27-21/h1-12,17H,13-16H2. The molecule has 0 saturated carbocycles. The SMILES string of the molecule is O=C1C(c2ccccc2)=C(N2CCN(c3ccccn3)CC2)C(=O)N1c1cccc(F)c1. The lowest BCUT2D eigenvalue weighted by Gasteiger charge is -2.37. The van der Waals surface area contributed by atoms with Gasteiger partial charge in [0, 0.05) is 32.4 Å². The minimum Gasteiger partial charge on any atom is -0.363 e. The number of hydrogen-bond acceptors (Lipinski definition) is 5. The smallest absolute Gasteiger partial charge is 0.282 e. The third kappa shape index (κ3) is 3.51. The summed E-state index contributed by atoms with van der Waals surface area (Å²) >= 11 is 0. The zero-order valence-electron chi connectivity index (χ0n) is 17.3. The van der Waals surface area contributed by atoms with Crippen molar-refractivity contribution >= 4 is 28.9 Å². The molecular weight excluding hydrogens is 407 g/mol. The van der Waals surface area contributed by atoms with Gasteiger partial charge in [0.1, 0.15) is 17.3 Å². The van der Waals surface area contributed by atoms with Crippen LogP contribution in [0, 0.1) is 5.82 Å². The highest BCUT2D eigenvalue weighted by molar-refractivity contribution is 6.45. The van der Waals surface area contributed by atoms with Crippen LogP contribution in [0.5, 0.6) is 0 Å². The first kappa shape index (κ1) is 19.9. The number of imide groups is 1.